The summed E-state index contributed by atoms with van der Waals surface area (Å²) in [6.45, 7) is 0.290. The Kier molecular flexibility index (Phi) is 4.55. The van der Waals surface area contributed by atoms with E-state index >= 15 is 0 Å². The number of carbonyl (C=O) groups excluding carboxylic acids is 1. The molecule has 0 aliphatic heterocycles. The SMILES string of the molecule is O=C(NCc1ccc(Cl)cc1Cl)c1ccccc1-n1cnnn1. The number of aromatic nitrogens is 4. The summed E-state index contributed by atoms with van der Waals surface area (Å²) in [7, 11) is 0. The van der Waals surface area contributed by atoms with Crippen LogP contribution in [0.25, 0.3) is 5.69 Å². The number of nitrogens with zero attached hydrogens (tertiary/aromatic N) is 4. The summed E-state index contributed by atoms with van der Waals surface area (Å²) in [6.07, 6.45) is 1.43. The van der Waals surface area contributed by atoms with Crippen LogP contribution in [-0.4, -0.2) is 26.1 Å². The molecule has 0 saturated carbocycles. The highest BCUT2D eigenvalue weighted by Gasteiger charge is 2.13. The molecule has 0 saturated heterocycles. The predicted octanol–water partition coefficient (Wildman–Crippen LogP) is 2.90. The molecule has 0 atom stereocenters. The van der Waals surface area contributed by atoms with Gasteiger partial charge in [0.2, 0.25) is 0 Å². The van der Waals surface area contributed by atoms with Crippen LogP contribution in [0, 0.1) is 0 Å². The van der Waals surface area contributed by atoms with E-state index in [-0.39, 0.29) is 5.91 Å². The van der Waals surface area contributed by atoms with Gasteiger partial charge < -0.3 is 5.32 Å². The maximum Gasteiger partial charge on any atom is 0.253 e. The van der Waals surface area contributed by atoms with Crippen LogP contribution in [0.15, 0.2) is 48.8 Å². The number of amides is 1. The topological polar surface area (TPSA) is 72.7 Å². The van der Waals surface area contributed by atoms with Gasteiger partial charge in [0.05, 0.1) is 11.3 Å². The van der Waals surface area contributed by atoms with Crippen LogP contribution in [0.1, 0.15) is 15.9 Å². The Labute approximate surface area is 142 Å². The van der Waals surface area contributed by atoms with Gasteiger partial charge >= 0.3 is 0 Å². The van der Waals surface area contributed by atoms with E-state index in [0.717, 1.165) is 5.56 Å². The van der Waals surface area contributed by atoms with Gasteiger partial charge in [-0.1, -0.05) is 41.4 Å². The van der Waals surface area contributed by atoms with Crippen LogP contribution < -0.4 is 5.32 Å². The van der Waals surface area contributed by atoms with E-state index in [2.05, 4.69) is 20.8 Å². The Morgan fingerprint density at radius 2 is 2.00 bits per heavy atom. The van der Waals surface area contributed by atoms with Crippen molar-refractivity contribution in [3.05, 3.63) is 70.0 Å². The fraction of sp³-hybridized carbons (Fsp3) is 0.0667. The number of halogens is 2. The number of nitrogens with one attached hydrogen (secondary N) is 1. The Bertz CT molecular complexity index is 836. The molecule has 0 radical (unpaired) electrons. The molecule has 1 heterocycles. The maximum atomic E-state index is 12.5. The molecule has 0 fully saturated rings. The van der Waals surface area contributed by atoms with Crippen molar-refractivity contribution in [2.75, 3.05) is 0 Å². The highest BCUT2D eigenvalue weighted by molar-refractivity contribution is 6.35. The van der Waals surface area contributed by atoms with Crippen molar-refractivity contribution in [3.8, 4) is 5.69 Å². The molecule has 2 aromatic carbocycles. The number of benzene rings is 2. The molecule has 0 unspecified atom stereocenters. The third kappa shape index (κ3) is 3.49. The first-order chi connectivity index (χ1) is 11.1. The lowest BCUT2D eigenvalue weighted by Crippen LogP contribution is -2.24. The highest BCUT2D eigenvalue weighted by atomic mass is 35.5. The summed E-state index contributed by atoms with van der Waals surface area (Å²) in [4.78, 5) is 12.5. The van der Waals surface area contributed by atoms with Gasteiger partial charge in [-0.25, -0.2) is 0 Å². The molecule has 6 nitrogen and oxygen atoms in total. The number of rotatable bonds is 4. The van der Waals surface area contributed by atoms with Gasteiger partial charge in [-0.2, -0.15) is 4.68 Å². The van der Waals surface area contributed by atoms with Gasteiger partial charge in [-0.3, -0.25) is 4.79 Å². The fourth-order valence-electron chi connectivity index (χ4n) is 2.07. The van der Waals surface area contributed by atoms with Gasteiger partial charge in [0, 0.05) is 16.6 Å². The van der Waals surface area contributed by atoms with Gasteiger partial charge in [-0.15, -0.1) is 5.10 Å². The van der Waals surface area contributed by atoms with E-state index in [9.17, 15) is 4.79 Å². The molecule has 3 aromatic rings. The van der Waals surface area contributed by atoms with Crippen molar-refractivity contribution in [2.45, 2.75) is 6.54 Å². The smallest absolute Gasteiger partial charge is 0.253 e. The van der Waals surface area contributed by atoms with E-state index in [1.54, 1.807) is 36.4 Å². The standard InChI is InChI=1S/C15H11Cl2N5O/c16-11-6-5-10(13(17)7-11)8-18-15(23)12-3-1-2-4-14(12)22-9-19-20-21-22/h1-7,9H,8H2,(H,18,23). The summed E-state index contributed by atoms with van der Waals surface area (Å²) < 4.78 is 1.43. The first-order valence-electron chi connectivity index (χ1n) is 6.69. The molecule has 1 amide bonds. The van der Waals surface area contributed by atoms with E-state index in [4.69, 9.17) is 23.2 Å². The molecule has 0 aliphatic rings. The van der Waals surface area contributed by atoms with Crippen molar-refractivity contribution in [3.63, 3.8) is 0 Å². The van der Waals surface area contributed by atoms with Crippen LogP contribution in [0.2, 0.25) is 10.0 Å². The second-order valence-electron chi connectivity index (χ2n) is 4.69. The van der Waals surface area contributed by atoms with Crippen LogP contribution in [0.5, 0.6) is 0 Å². The lowest BCUT2D eigenvalue weighted by Gasteiger charge is -2.10. The molecule has 1 N–H and O–H groups in total. The van der Waals surface area contributed by atoms with Crippen molar-refractivity contribution in [2.24, 2.45) is 0 Å². The highest BCUT2D eigenvalue weighted by Crippen LogP contribution is 2.21. The molecular weight excluding hydrogens is 337 g/mol. The third-order valence-electron chi connectivity index (χ3n) is 3.20. The number of tetrazole rings is 1. The monoisotopic (exact) mass is 347 g/mol. The predicted molar refractivity (Wildman–Crippen MR) is 86.8 cm³/mol. The Morgan fingerprint density at radius 3 is 2.74 bits per heavy atom. The Balaban J connectivity index is 1.79. The van der Waals surface area contributed by atoms with Crippen LogP contribution >= 0.6 is 23.2 Å². The summed E-state index contributed by atoms with van der Waals surface area (Å²) in [5.41, 5.74) is 1.84. The average Bonchev–Trinajstić information content (AvgIpc) is 3.08. The van der Waals surface area contributed by atoms with Crippen molar-refractivity contribution >= 4 is 29.1 Å². The molecule has 0 aliphatic carbocycles. The molecule has 116 valence electrons. The molecule has 1 aromatic heterocycles. The number of para-hydroxylation sites is 1. The van der Waals surface area contributed by atoms with Gasteiger partial charge in [0.1, 0.15) is 6.33 Å². The van der Waals surface area contributed by atoms with Crippen LogP contribution in [0.3, 0.4) is 0 Å². The van der Waals surface area contributed by atoms with Crippen molar-refractivity contribution < 1.29 is 4.79 Å². The van der Waals surface area contributed by atoms with Crippen LogP contribution in [0.4, 0.5) is 0 Å². The summed E-state index contributed by atoms with van der Waals surface area (Å²) >= 11 is 12.0. The quantitative estimate of drug-likeness (QED) is 0.787. The Hall–Kier alpha value is -2.44. The van der Waals surface area contributed by atoms with E-state index in [0.29, 0.717) is 27.8 Å². The summed E-state index contributed by atoms with van der Waals surface area (Å²) in [5.74, 6) is -0.248. The maximum absolute atomic E-state index is 12.5. The first kappa shape index (κ1) is 15.5. The molecule has 0 bridgehead atoms. The molecular formula is C15H11Cl2N5O. The second-order valence-corrected chi connectivity index (χ2v) is 5.53. The third-order valence-corrected chi connectivity index (χ3v) is 3.79. The molecule has 23 heavy (non-hydrogen) atoms. The normalized spacial score (nSPS) is 10.5. The second kappa shape index (κ2) is 6.76. The van der Waals surface area contributed by atoms with E-state index in [1.807, 2.05) is 6.07 Å². The minimum absolute atomic E-state index is 0.248. The number of carbonyl (C=O) groups is 1. The average molecular weight is 348 g/mol. The zero-order chi connectivity index (χ0) is 16.2. The Morgan fingerprint density at radius 1 is 1.17 bits per heavy atom. The minimum Gasteiger partial charge on any atom is -0.348 e. The summed E-state index contributed by atoms with van der Waals surface area (Å²) in [5, 5.41) is 14.9. The lowest BCUT2D eigenvalue weighted by molar-refractivity contribution is 0.0951. The molecule has 0 spiro atoms. The van der Waals surface area contributed by atoms with E-state index < -0.39 is 0 Å². The summed E-state index contributed by atoms with van der Waals surface area (Å²) in [6, 6.07) is 12.2. The van der Waals surface area contributed by atoms with Gasteiger partial charge in [0.25, 0.3) is 5.91 Å². The zero-order valence-electron chi connectivity index (χ0n) is 11.8. The lowest BCUT2D eigenvalue weighted by atomic mass is 10.1. The fourth-order valence-corrected chi connectivity index (χ4v) is 2.55. The van der Waals surface area contributed by atoms with E-state index in [1.165, 1.54) is 11.0 Å². The molecule has 3 rings (SSSR count). The van der Waals surface area contributed by atoms with Crippen molar-refractivity contribution in [1.82, 2.24) is 25.5 Å². The first-order valence-corrected chi connectivity index (χ1v) is 7.45. The largest absolute Gasteiger partial charge is 0.348 e. The number of hydrogen-bond acceptors (Lipinski definition) is 4. The molecule has 8 heteroatoms. The minimum atomic E-state index is -0.248. The van der Waals surface area contributed by atoms with Crippen molar-refractivity contribution in [1.29, 1.82) is 0 Å². The van der Waals surface area contributed by atoms with Gasteiger partial charge in [0.15, 0.2) is 0 Å². The van der Waals surface area contributed by atoms with Gasteiger partial charge in [-0.05, 0) is 40.3 Å². The zero-order valence-corrected chi connectivity index (χ0v) is 13.3. The number of hydrogen-bond donors (Lipinski definition) is 1. The van der Waals surface area contributed by atoms with Crippen LogP contribution in [-0.2, 0) is 6.54 Å².